The minimum atomic E-state index is 0.918. The molecule has 2 heterocycles. The molecule has 0 aliphatic rings. The molecule has 0 spiro atoms. The third-order valence-corrected chi connectivity index (χ3v) is 3.55. The van der Waals surface area contributed by atoms with Crippen LogP contribution in [0, 0.1) is 0 Å². The van der Waals surface area contributed by atoms with Crippen LogP contribution in [0.5, 0.6) is 0 Å². The lowest BCUT2D eigenvalue weighted by atomic mass is 10.4. The molecule has 0 atom stereocenters. The minimum absolute atomic E-state index is 0.918. The zero-order valence-electron chi connectivity index (χ0n) is 8.83. The average molecular weight is 249 g/mol. The monoisotopic (exact) mass is 249 g/mol. The highest BCUT2D eigenvalue weighted by molar-refractivity contribution is 8.14. The summed E-state index contributed by atoms with van der Waals surface area (Å²) in [4.78, 5) is 12.8. The lowest BCUT2D eigenvalue weighted by molar-refractivity contribution is 1.31. The fraction of sp³-hybridized carbons (Fsp3) is 0.182. The lowest BCUT2D eigenvalue weighted by Gasteiger charge is -2.00. The van der Waals surface area contributed by atoms with E-state index in [1.165, 1.54) is 0 Å². The Bertz CT molecular complexity index is 451. The van der Waals surface area contributed by atoms with Gasteiger partial charge in [0, 0.05) is 24.0 Å². The maximum Gasteiger partial charge on any atom is 0.148 e. The molecule has 0 unspecified atom stereocenters. The van der Waals surface area contributed by atoms with Gasteiger partial charge in [-0.25, -0.2) is 9.98 Å². The van der Waals surface area contributed by atoms with Crippen molar-refractivity contribution in [1.82, 2.24) is 9.97 Å². The third kappa shape index (κ3) is 2.90. The highest BCUT2D eigenvalue weighted by atomic mass is 32.2. The Morgan fingerprint density at radius 3 is 2.81 bits per heavy atom. The molecule has 82 valence electrons. The van der Waals surface area contributed by atoms with E-state index >= 15 is 0 Å². The van der Waals surface area contributed by atoms with E-state index in [9.17, 15) is 0 Å². The first-order valence-electron chi connectivity index (χ1n) is 4.91. The van der Waals surface area contributed by atoms with Crippen LogP contribution in [-0.4, -0.2) is 20.8 Å². The topological polar surface area (TPSA) is 38.1 Å². The second-order valence-corrected chi connectivity index (χ2v) is 5.04. The van der Waals surface area contributed by atoms with Crippen LogP contribution in [0.3, 0.4) is 0 Å². The van der Waals surface area contributed by atoms with Gasteiger partial charge in [0.15, 0.2) is 0 Å². The highest BCUT2D eigenvalue weighted by Crippen LogP contribution is 2.20. The molecule has 0 N–H and O–H groups in total. The minimum Gasteiger partial charge on any atom is -0.265 e. The molecule has 0 aromatic carbocycles. The van der Waals surface area contributed by atoms with E-state index in [1.807, 2.05) is 17.5 Å². The number of hydrogen-bond donors (Lipinski definition) is 0. The van der Waals surface area contributed by atoms with Gasteiger partial charge in [-0.05, 0) is 17.9 Å². The summed E-state index contributed by atoms with van der Waals surface area (Å²) in [7, 11) is 0. The van der Waals surface area contributed by atoms with Gasteiger partial charge in [-0.3, -0.25) is 4.98 Å². The van der Waals surface area contributed by atoms with Gasteiger partial charge in [-0.2, -0.15) is 0 Å². The van der Waals surface area contributed by atoms with Gasteiger partial charge >= 0.3 is 0 Å². The number of thioether (sulfide) groups is 1. The van der Waals surface area contributed by atoms with Crippen LogP contribution < -0.4 is 0 Å². The summed E-state index contributed by atoms with van der Waals surface area (Å²) >= 11 is 3.32. The Morgan fingerprint density at radius 1 is 1.38 bits per heavy atom. The van der Waals surface area contributed by atoms with Gasteiger partial charge in [0.1, 0.15) is 10.1 Å². The van der Waals surface area contributed by atoms with E-state index in [1.54, 1.807) is 41.7 Å². The van der Waals surface area contributed by atoms with E-state index < -0.39 is 0 Å². The van der Waals surface area contributed by atoms with Crippen molar-refractivity contribution in [3.05, 3.63) is 41.1 Å². The number of aliphatic imine (C=N–C) groups is 1. The molecule has 5 heteroatoms. The molecular formula is C11H11N3S2. The lowest BCUT2D eigenvalue weighted by Crippen LogP contribution is -1.94. The molecule has 0 amide bonds. The van der Waals surface area contributed by atoms with Crippen molar-refractivity contribution in [2.24, 2.45) is 4.99 Å². The van der Waals surface area contributed by atoms with Crippen molar-refractivity contribution in [3.8, 4) is 0 Å². The molecule has 0 aliphatic carbocycles. The maximum atomic E-state index is 4.58. The molecule has 0 aliphatic heterocycles. The molecule has 0 fully saturated rings. The molecule has 2 aromatic rings. The molecule has 16 heavy (non-hydrogen) atoms. The Kier molecular flexibility index (Phi) is 4.07. The number of nitrogens with zero attached hydrogens (tertiary/aromatic N) is 3. The molecule has 0 bridgehead atoms. The van der Waals surface area contributed by atoms with E-state index in [2.05, 4.69) is 21.9 Å². The smallest absolute Gasteiger partial charge is 0.148 e. The van der Waals surface area contributed by atoms with Gasteiger partial charge in [-0.15, -0.1) is 23.1 Å². The first-order valence-corrected chi connectivity index (χ1v) is 6.78. The fourth-order valence-electron chi connectivity index (χ4n) is 1.14. The number of aromatic nitrogens is 2. The van der Waals surface area contributed by atoms with Crippen molar-refractivity contribution in [2.45, 2.75) is 6.92 Å². The third-order valence-electron chi connectivity index (χ3n) is 1.79. The van der Waals surface area contributed by atoms with Crippen LogP contribution in [0.25, 0.3) is 0 Å². The normalized spacial score (nSPS) is 11.7. The zero-order chi connectivity index (χ0) is 11.2. The van der Waals surface area contributed by atoms with E-state index in [4.69, 9.17) is 0 Å². The first-order chi connectivity index (χ1) is 7.90. The van der Waals surface area contributed by atoms with E-state index in [0.717, 1.165) is 21.5 Å². The summed E-state index contributed by atoms with van der Waals surface area (Å²) < 4.78 is 0. The van der Waals surface area contributed by atoms with Crippen LogP contribution in [0.4, 0.5) is 5.69 Å². The van der Waals surface area contributed by atoms with Gasteiger partial charge in [0.25, 0.3) is 0 Å². The second-order valence-electron chi connectivity index (χ2n) is 2.89. The summed E-state index contributed by atoms with van der Waals surface area (Å²) in [6.45, 7) is 2.11. The van der Waals surface area contributed by atoms with Crippen molar-refractivity contribution in [3.63, 3.8) is 0 Å². The van der Waals surface area contributed by atoms with Crippen LogP contribution >= 0.6 is 23.1 Å². The molecule has 0 saturated carbocycles. The Labute approximate surface area is 103 Å². The number of rotatable bonds is 3. The first kappa shape index (κ1) is 11.3. The van der Waals surface area contributed by atoms with Gasteiger partial charge in [-0.1, -0.05) is 6.92 Å². The summed E-state index contributed by atoms with van der Waals surface area (Å²) in [6, 6.07) is 3.79. The van der Waals surface area contributed by atoms with E-state index in [-0.39, 0.29) is 0 Å². The summed E-state index contributed by atoms with van der Waals surface area (Å²) in [5.74, 6) is 0.990. The van der Waals surface area contributed by atoms with Crippen LogP contribution in [-0.2, 0) is 0 Å². The molecule has 2 aromatic heterocycles. The van der Waals surface area contributed by atoms with Crippen molar-refractivity contribution < 1.29 is 0 Å². The van der Waals surface area contributed by atoms with E-state index in [0.29, 0.717) is 0 Å². The molecule has 3 nitrogen and oxygen atoms in total. The van der Waals surface area contributed by atoms with Crippen molar-refractivity contribution >= 4 is 33.8 Å². The summed E-state index contributed by atoms with van der Waals surface area (Å²) in [6.07, 6.45) is 5.29. The highest BCUT2D eigenvalue weighted by Gasteiger charge is 2.06. The predicted octanol–water partition coefficient (Wildman–Crippen LogP) is 3.37. The molecule has 2 rings (SSSR count). The molecule has 0 radical (unpaired) electrons. The average Bonchev–Trinajstić information content (AvgIpc) is 2.83. The van der Waals surface area contributed by atoms with Crippen LogP contribution in [0.1, 0.15) is 11.9 Å². The predicted molar refractivity (Wildman–Crippen MR) is 70.7 cm³/mol. The largest absolute Gasteiger partial charge is 0.265 e. The maximum absolute atomic E-state index is 4.58. The standard InChI is InChI=1S/C11H11N3S2/c1-2-15-11(10-13-7-8-16-10)14-9-3-5-12-6-4-9/h3-8H,2H2,1H3/b14-11-. The molecule has 0 saturated heterocycles. The van der Waals surface area contributed by atoms with Gasteiger partial charge in [0.2, 0.25) is 0 Å². The fourth-order valence-corrected chi connectivity index (χ4v) is 2.60. The quantitative estimate of drug-likeness (QED) is 0.618. The Morgan fingerprint density at radius 2 is 2.19 bits per heavy atom. The Balaban J connectivity index is 2.30. The second kappa shape index (κ2) is 5.77. The number of hydrogen-bond acceptors (Lipinski definition) is 5. The number of thiazole rings is 1. The number of pyridine rings is 1. The summed E-state index contributed by atoms with van der Waals surface area (Å²) in [5.41, 5.74) is 0.918. The van der Waals surface area contributed by atoms with Gasteiger partial charge in [0.05, 0.1) is 5.69 Å². The molecular weight excluding hydrogens is 238 g/mol. The summed E-state index contributed by atoms with van der Waals surface area (Å²) in [5, 5.41) is 3.92. The van der Waals surface area contributed by atoms with Gasteiger partial charge < -0.3 is 0 Å². The van der Waals surface area contributed by atoms with Crippen molar-refractivity contribution in [1.29, 1.82) is 0 Å². The van der Waals surface area contributed by atoms with Crippen LogP contribution in [0.2, 0.25) is 0 Å². The van der Waals surface area contributed by atoms with Crippen molar-refractivity contribution in [2.75, 3.05) is 5.75 Å². The Hall–Kier alpha value is -1.20. The zero-order valence-corrected chi connectivity index (χ0v) is 10.5. The van der Waals surface area contributed by atoms with Crippen LogP contribution in [0.15, 0.2) is 41.1 Å². The SMILES string of the molecule is CCS/C(=N\c1ccncc1)c1nccs1.